The molecule has 142 valence electrons. The first-order valence-corrected chi connectivity index (χ1v) is 9.54. The smallest absolute Gasteiger partial charge is 0.280 e. The van der Waals surface area contributed by atoms with Crippen molar-refractivity contribution in [3.63, 3.8) is 0 Å². The van der Waals surface area contributed by atoms with Crippen molar-refractivity contribution in [1.29, 1.82) is 0 Å². The Bertz CT molecular complexity index is 1120. The lowest BCUT2D eigenvalue weighted by Gasteiger charge is -2.18. The van der Waals surface area contributed by atoms with Crippen LogP contribution in [0, 0.1) is 6.92 Å². The van der Waals surface area contributed by atoms with E-state index in [4.69, 9.17) is 9.72 Å². The van der Waals surface area contributed by atoms with Gasteiger partial charge in [0, 0.05) is 18.9 Å². The van der Waals surface area contributed by atoms with Crippen molar-refractivity contribution < 1.29 is 9.53 Å². The number of thiazole rings is 1. The number of fused-ring (bicyclic) bond motifs is 1. The third kappa shape index (κ3) is 3.34. The van der Waals surface area contributed by atoms with E-state index in [9.17, 15) is 4.79 Å². The van der Waals surface area contributed by atoms with Crippen molar-refractivity contribution in [3.05, 3.63) is 65.7 Å². The molecule has 7 nitrogen and oxygen atoms in total. The van der Waals surface area contributed by atoms with E-state index in [1.807, 2.05) is 50.4 Å². The lowest BCUT2D eigenvalue weighted by atomic mass is 10.3. The minimum absolute atomic E-state index is 0.215. The molecule has 0 radical (unpaired) electrons. The molecular weight excluding hydrogens is 374 g/mol. The highest BCUT2D eigenvalue weighted by molar-refractivity contribution is 7.22. The Morgan fingerprint density at radius 1 is 1.25 bits per heavy atom. The van der Waals surface area contributed by atoms with E-state index in [1.54, 1.807) is 29.0 Å². The van der Waals surface area contributed by atoms with Crippen LogP contribution in [0.4, 0.5) is 5.13 Å². The monoisotopic (exact) mass is 393 g/mol. The van der Waals surface area contributed by atoms with E-state index in [2.05, 4.69) is 10.1 Å². The van der Waals surface area contributed by atoms with Gasteiger partial charge in [0.15, 0.2) is 10.8 Å². The van der Waals surface area contributed by atoms with Crippen LogP contribution in [-0.2, 0) is 13.6 Å². The highest BCUT2D eigenvalue weighted by Crippen LogP contribution is 2.35. The molecule has 0 bridgehead atoms. The third-order valence-electron chi connectivity index (χ3n) is 4.45. The van der Waals surface area contributed by atoms with Gasteiger partial charge in [0.1, 0.15) is 11.3 Å². The van der Waals surface area contributed by atoms with Gasteiger partial charge in [-0.15, -0.1) is 0 Å². The predicted molar refractivity (Wildman–Crippen MR) is 109 cm³/mol. The fourth-order valence-electron chi connectivity index (χ4n) is 2.88. The van der Waals surface area contributed by atoms with Crippen LogP contribution in [-0.4, -0.2) is 32.8 Å². The summed E-state index contributed by atoms with van der Waals surface area (Å²) >= 11 is 1.44. The molecule has 8 heteroatoms. The van der Waals surface area contributed by atoms with Crippen molar-refractivity contribution in [2.75, 3.05) is 12.0 Å². The maximum atomic E-state index is 13.3. The van der Waals surface area contributed by atoms with Crippen LogP contribution in [0.1, 0.15) is 21.9 Å². The first kappa shape index (κ1) is 18.1. The number of carbonyl (C=O) groups is 1. The lowest BCUT2D eigenvalue weighted by molar-refractivity contribution is 0.0979. The molecule has 4 rings (SSSR count). The highest BCUT2D eigenvalue weighted by atomic mass is 32.1. The molecule has 0 fully saturated rings. The summed E-state index contributed by atoms with van der Waals surface area (Å²) in [4.78, 5) is 24.0. The van der Waals surface area contributed by atoms with Crippen molar-refractivity contribution in [3.8, 4) is 5.75 Å². The Morgan fingerprint density at radius 3 is 2.79 bits per heavy atom. The van der Waals surface area contributed by atoms with Gasteiger partial charge in [0.25, 0.3) is 5.91 Å². The minimum Gasteiger partial charge on any atom is -0.494 e. The zero-order valence-electron chi connectivity index (χ0n) is 15.8. The molecule has 0 saturated carbocycles. The molecule has 0 aliphatic heterocycles. The number of hydrogen-bond acceptors (Lipinski definition) is 6. The molecule has 0 N–H and O–H groups in total. The molecule has 0 unspecified atom stereocenters. The topological polar surface area (TPSA) is 73.1 Å². The van der Waals surface area contributed by atoms with Crippen LogP contribution in [0.2, 0.25) is 0 Å². The fourth-order valence-corrected chi connectivity index (χ4v) is 3.86. The maximum Gasteiger partial charge on any atom is 0.280 e. The number of methoxy groups -OCH3 is 1. The van der Waals surface area contributed by atoms with Gasteiger partial charge in [-0.05, 0) is 37.3 Å². The molecule has 28 heavy (non-hydrogen) atoms. The number of anilines is 1. The minimum atomic E-state index is -0.215. The Hall–Kier alpha value is -3.26. The second-order valence-corrected chi connectivity index (χ2v) is 7.32. The van der Waals surface area contributed by atoms with Crippen molar-refractivity contribution in [1.82, 2.24) is 19.7 Å². The molecule has 3 aromatic heterocycles. The number of para-hydroxylation sites is 1. The van der Waals surface area contributed by atoms with Gasteiger partial charge in [0.05, 0.1) is 24.0 Å². The van der Waals surface area contributed by atoms with E-state index in [1.165, 1.54) is 11.3 Å². The van der Waals surface area contributed by atoms with Gasteiger partial charge in [-0.2, -0.15) is 5.10 Å². The molecule has 0 aliphatic rings. The average molecular weight is 393 g/mol. The van der Waals surface area contributed by atoms with E-state index in [0.717, 1.165) is 21.6 Å². The quantitative estimate of drug-likeness (QED) is 0.518. The van der Waals surface area contributed by atoms with E-state index >= 15 is 0 Å². The number of nitrogens with zero attached hydrogens (tertiary/aromatic N) is 5. The molecule has 1 amide bonds. The third-order valence-corrected chi connectivity index (χ3v) is 5.49. The Morgan fingerprint density at radius 2 is 2.11 bits per heavy atom. The van der Waals surface area contributed by atoms with Crippen LogP contribution in [0.15, 0.2) is 48.7 Å². The number of ether oxygens (including phenoxy) is 1. The van der Waals surface area contributed by atoms with Gasteiger partial charge in [0.2, 0.25) is 0 Å². The van der Waals surface area contributed by atoms with Crippen molar-refractivity contribution >= 4 is 32.6 Å². The second kappa shape index (κ2) is 7.40. The van der Waals surface area contributed by atoms with Gasteiger partial charge in [-0.3, -0.25) is 19.4 Å². The average Bonchev–Trinajstić information content (AvgIpc) is 3.29. The van der Waals surface area contributed by atoms with Gasteiger partial charge in [-0.1, -0.05) is 23.5 Å². The molecule has 1 aromatic carbocycles. The highest BCUT2D eigenvalue weighted by Gasteiger charge is 2.25. The Labute approximate surface area is 166 Å². The lowest BCUT2D eigenvalue weighted by Crippen LogP contribution is -2.31. The van der Waals surface area contributed by atoms with E-state index < -0.39 is 0 Å². The normalized spacial score (nSPS) is 11.0. The number of aromatic nitrogens is 4. The van der Waals surface area contributed by atoms with Crippen molar-refractivity contribution in [2.45, 2.75) is 13.5 Å². The summed E-state index contributed by atoms with van der Waals surface area (Å²) < 4.78 is 8.05. The summed E-state index contributed by atoms with van der Waals surface area (Å²) in [6, 6.07) is 13.2. The van der Waals surface area contributed by atoms with Crippen LogP contribution in [0.3, 0.4) is 0 Å². The largest absolute Gasteiger partial charge is 0.494 e. The molecular formula is C20H19N5O2S. The van der Waals surface area contributed by atoms with E-state index in [-0.39, 0.29) is 5.91 Å². The summed E-state index contributed by atoms with van der Waals surface area (Å²) in [6.07, 6.45) is 1.71. The van der Waals surface area contributed by atoms with Gasteiger partial charge >= 0.3 is 0 Å². The number of benzene rings is 1. The number of carbonyl (C=O) groups excluding carboxylic acids is 1. The first-order valence-electron chi connectivity index (χ1n) is 8.73. The molecule has 0 saturated heterocycles. The maximum absolute atomic E-state index is 13.3. The van der Waals surface area contributed by atoms with Crippen LogP contribution < -0.4 is 9.64 Å². The number of pyridine rings is 1. The molecule has 0 spiro atoms. The summed E-state index contributed by atoms with van der Waals surface area (Å²) in [5, 5.41) is 4.92. The van der Waals surface area contributed by atoms with Crippen LogP contribution in [0.25, 0.3) is 10.2 Å². The molecule has 3 heterocycles. The van der Waals surface area contributed by atoms with Crippen molar-refractivity contribution in [2.24, 2.45) is 7.05 Å². The summed E-state index contributed by atoms with van der Waals surface area (Å²) in [5.41, 5.74) is 2.80. The second-order valence-electron chi connectivity index (χ2n) is 6.31. The summed E-state index contributed by atoms with van der Waals surface area (Å²) in [5.74, 6) is 0.464. The molecule has 0 aliphatic carbocycles. The predicted octanol–water partition coefficient (Wildman–Crippen LogP) is 3.59. The summed E-state index contributed by atoms with van der Waals surface area (Å²) in [6.45, 7) is 2.22. The van der Waals surface area contributed by atoms with E-state index in [0.29, 0.717) is 23.1 Å². The number of amides is 1. The zero-order valence-corrected chi connectivity index (χ0v) is 16.6. The number of hydrogen-bond donors (Lipinski definition) is 0. The van der Waals surface area contributed by atoms with Gasteiger partial charge < -0.3 is 4.74 Å². The Kier molecular flexibility index (Phi) is 4.79. The zero-order chi connectivity index (χ0) is 19.7. The molecule has 0 atom stereocenters. The summed E-state index contributed by atoms with van der Waals surface area (Å²) in [7, 11) is 3.43. The Balaban J connectivity index is 1.79. The standard InChI is InChI=1S/C20H19N5O2S/c1-13-11-15(23-24(13)2)19(26)25(12-14-7-4-5-10-21-14)20-22-18-16(27-3)8-6-9-17(18)28-20/h4-11H,12H2,1-3H3. The SMILES string of the molecule is COc1cccc2sc(N(Cc3ccccn3)C(=O)c3cc(C)n(C)n3)nc12. The molecule has 4 aromatic rings. The number of aryl methyl sites for hydroxylation is 2. The van der Waals surface area contributed by atoms with Crippen LogP contribution in [0.5, 0.6) is 5.75 Å². The first-order chi connectivity index (χ1) is 13.6. The van der Waals surface area contributed by atoms with Gasteiger partial charge in [-0.25, -0.2) is 4.98 Å². The fraction of sp³-hybridized carbons (Fsp3) is 0.200. The number of rotatable bonds is 5. The van der Waals surface area contributed by atoms with Crippen LogP contribution >= 0.6 is 11.3 Å².